The summed E-state index contributed by atoms with van der Waals surface area (Å²) in [6.45, 7) is 2.05. The SMILES string of the molecule is Cc1c(C(=O)Nc2cccc3ccccc23)oc2c1C1(CCC2)SCCS1. The van der Waals surface area contributed by atoms with Crippen LogP contribution in [0, 0.1) is 6.92 Å². The summed E-state index contributed by atoms with van der Waals surface area (Å²) in [5.74, 6) is 3.69. The first kappa shape index (κ1) is 17.3. The zero-order valence-corrected chi connectivity index (χ0v) is 16.8. The Morgan fingerprint density at radius 1 is 1.11 bits per heavy atom. The molecule has 2 aromatic carbocycles. The van der Waals surface area contributed by atoms with Crippen molar-refractivity contribution in [3.63, 3.8) is 0 Å². The average molecular weight is 396 g/mol. The van der Waals surface area contributed by atoms with Gasteiger partial charge in [-0.3, -0.25) is 4.79 Å². The molecule has 1 spiro atoms. The smallest absolute Gasteiger partial charge is 0.291 e. The van der Waals surface area contributed by atoms with Crippen LogP contribution in [0.15, 0.2) is 46.9 Å². The van der Waals surface area contributed by atoms with Crippen LogP contribution < -0.4 is 5.32 Å². The Kier molecular flexibility index (Phi) is 4.25. The maximum absolute atomic E-state index is 13.1. The Morgan fingerprint density at radius 2 is 1.89 bits per heavy atom. The first-order valence-corrected chi connectivity index (χ1v) is 11.3. The van der Waals surface area contributed by atoms with Crippen LogP contribution in [0.25, 0.3) is 10.8 Å². The van der Waals surface area contributed by atoms with E-state index in [1.165, 1.54) is 23.5 Å². The van der Waals surface area contributed by atoms with E-state index in [9.17, 15) is 4.79 Å². The van der Waals surface area contributed by atoms with Crippen LogP contribution in [-0.2, 0) is 10.5 Å². The zero-order chi connectivity index (χ0) is 18.4. The Hall–Kier alpha value is -1.85. The summed E-state index contributed by atoms with van der Waals surface area (Å²) in [6.07, 6.45) is 3.23. The lowest BCUT2D eigenvalue weighted by Crippen LogP contribution is -2.21. The number of hydrogen-bond acceptors (Lipinski definition) is 4. The van der Waals surface area contributed by atoms with Gasteiger partial charge in [0.15, 0.2) is 5.76 Å². The van der Waals surface area contributed by atoms with E-state index in [4.69, 9.17) is 4.42 Å². The molecule has 0 radical (unpaired) electrons. The van der Waals surface area contributed by atoms with Crippen molar-refractivity contribution in [2.45, 2.75) is 30.3 Å². The molecular weight excluding hydrogens is 374 g/mol. The number of hydrogen-bond donors (Lipinski definition) is 1. The van der Waals surface area contributed by atoms with Crippen LogP contribution >= 0.6 is 23.5 Å². The van der Waals surface area contributed by atoms with Crippen LogP contribution in [0.3, 0.4) is 0 Å². The number of amides is 1. The van der Waals surface area contributed by atoms with E-state index in [1.807, 2.05) is 60.8 Å². The molecule has 1 fully saturated rings. The Morgan fingerprint density at radius 3 is 2.74 bits per heavy atom. The van der Waals surface area contributed by atoms with Gasteiger partial charge >= 0.3 is 0 Å². The minimum atomic E-state index is -0.151. The molecule has 27 heavy (non-hydrogen) atoms. The molecule has 0 unspecified atom stereocenters. The number of carbonyl (C=O) groups excluding carboxylic acids is 1. The average Bonchev–Trinajstić information content (AvgIpc) is 3.28. The van der Waals surface area contributed by atoms with Gasteiger partial charge in [-0.25, -0.2) is 0 Å². The van der Waals surface area contributed by atoms with Crippen molar-refractivity contribution in [1.82, 2.24) is 0 Å². The number of benzene rings is 2. The first-order valence-electron chi connectivity index (χ1n) is 9.38. The molecule has 1 aliphatic heterocycles. The third kappa shape index (κ3) is 2.79. The second kappa shape index (κ2) is 6.64. The van der Waals surface area contributed by atoms with Crippen LogP contribution in [0.2, 0.25) is 0 Å². The minimum Gasteiger partial charge on any atom is -0.455 e. The highest BCUT2D eigenvalue weighted by Crippen LogP contribution is 2.59. The first-order chi connectivity index (χ1) is 13.2. The number of nitrogens with one attached hydrogen (secondary N) is 1. The molecule has 138 valence electrons. The van der Waals surface area contributed by atoms with E-state index in [2.05, 4.69) is 17.4 Å². The number of furan rings is 1. The summed E-state index contributed by atoms with van der Waals surface area (Å²) in [7, 11) is 0. The van der Waals surface area contributed by atoms with Gasteiger partial charge in [0, 0.05) is 40.1 Å². The number of thioether (sulfide) groups is 2. The highest BCUT2D eigenvalue weighted by molar-refractivity contribution is 8.20. The Bertz CT molecular complexity index is 1030. The van der Waals surface area contributed by atoms with E-state index in [0.717, 1.165) is 40.6 Å². The second-order valence-corrected chi connectivity index (χ2v) is 10.2. The molecule has 2 heterocycles. The number of aryl methyl sites for hydroxylation is 1. The van der Waals surface area contributed by atoms with Crippen LogP contribution in [-0.4, -0.2) is 17.4 Å². The standard InChI is InChI=1S/C22H21NO2S2/c1-14-19-18(10-5-11-22(19)26-12-13-27-22)25-20(14)21(24)23-17-9-4-7-15-6-2-3-8-16(15)17/h2-4,6-9H,5,10-13H2,1H3,(H,23,24). The van der Waals surface area contributed by atoms with Gasteiger partial charge in [0.2, 0.25) is 0 Å². The predicted octanol–water partition coefficient (Wildman–Crippen LogP) is 5.96. The molecule has 1 amide bonds. The monoisotopic (exact) mass is 395 g/mol. The maximum Gasteiger partial charge on any atom is 0.291 e. The van der Waals surface area contributed by atoms with Gasteiger partial charge in [-0.15, -0.1) is 23.5 Å². The summed E-state index contributed by atoms with van der Waals surface area (Å²) in [5.41, 5.74) is 3.12. The van der Waals surface area contributed by atoms with E-state index < -0.39 is 0 Å². The topological polar surface area (TPSA) is 42.2 Å². The maximum atomic E-state index is 13.1. The van der Waals surface area contributed by atoms with Crippen molar-refractivity contribution in [3.8, 4) is 0 Å². The fraction of sp³-hybridized carbons (Fsp3) is 0.318. The normalized spacial score (nSPS) is 18.0. The largest absolute Gasteiger partial charge is 0.455 e. The lowest BCUT2D eigenvalue weighted by Gasteiger charge is -2.31. The summed E-state index contributed by atoms with van der Waals surface area (Å²) >= 11 is 4.05. The highest BCUT2D eigenvalue weighted by atomic mass is 32.2. The van der Waals surface area contributed by atoms with Crippen molar-refractivity contribution < 1.29 is 9.21 Å². The van der Waals surface area contributed by atoms with Gasteiger partial charge in [-0.2, -0.15) is 0 Å². The van der Waals surface area contributed by atoms with Gasteiger partial charge < -0.3 is 9.73 Å². The molecule has 1 aliphatic carbocycles. The van der Waals surface area contributed by atoms with Crippen molar-refractivity contribution >= 4 is 45.9 Å². The van der Waals surface area contributed by atoms with Gasteiger partial charge in [0.25, 0.3) is 5.91 Å². The molecule has 3 aromatic rings. The molecule has 5 rings (SSSR count). The van der Waals surface area contributed by atoms with E-state index >= 15 is 0 Å². The third-order valence-corrected chi connectivity index (χ3v) is 9.04. The summed E-state index contributed by atoms with van der Waals surface area (Å²) < 4.78 is 6.23. The quantitative estimate of drug-likeness (QED) is 0.581. The fourth-order valence-corrected chi connectivity index (χ4v) is 7.89. The summed E-state index contributed by atoms with van der Waals surface area (Å²) in [5, 5.41) is 5.24. The zero-order valence-electron chi connectivity index (χ0n) is 15.2. The van der Waals surface area contributed by atoms with Crippen LogP contribution in [0.1, 0.15) is 40.3 Å². The molecule has 2 aliphatic rings. The van der Waals surface area contributed by atoms with Gasteiger partial charge in [-0.1, -0.05) is 36.4 Å². The number of carbonyl (C=O) groups is 1. The van der Waals surface area contributed by atoms with Gasteiger partial charge in [-0.05, 0) is 31.2 Å². The van der Waals surface area contributed by atoms with E-state index in [-0.39, 0.29) is 9.99 Å². The van der Waals surface area contributed by atoms with E-state index in [1.54, 1.807) is 0 Å². The molecule has 1 N–H and O–H groups in total. The van der Waals surface area contributed by atoms with Crippen molar-refractivity contribution in [1.29, 1.82) is 0 Å². The van der Waals surface area contributed by atoms with Gasteiger partial charge in [0.1, 0.15) is 5.76 Å². The van der Waals surface area contributed by atoms with Crippen LogP contribution in [0.5, 0.6) is 0 Å². The molecule has 0 atom stereocenters. The Balaban J connectivity index is 1.52. The van der Waals surface area contributed by atoms with Crippen molar-refractivity contribution in [2.75, 3.05) is 16.8 Å². The number of rotatable bonds is 2. The second-order valence-electron chi connectivity index (χ2n) is 7.14. The summed E-state index contributed by atoms with van der Waals surface area (Å²) in [6, 6.07) is 14.1. The highest BCUT2D eigenvalue weighted by Gasteiger charge is 2.45. The van der Waals surface area contributed by atoms with E-state index in [0.29, 0.717) is 5.76 Å². The molecule has 0 saturated carbocycles. The predicted molar refractivity (Wildman–Crippen MR) is 115 cm³/mol. The third-order valence-electron chi connectivity index (χ3n) is 5.51. The lowest BCUT2D eigenvalue weighted by molar-refractivity contribution is 0.0994. The molecule has 0 bridgehead atoms. The molecule has 5 heteroatoms. The minimum absolute atomic E-state index is 0.0964. The molecular formula is C22H21NO2S2. The molecule has 1 saturated heterocycles. The lowest BCUT2D eigenvalue weighted by atomic mass is 9.94. The van der Waals surface area contributed by atoms with Gasteiger partial charge in [0.05, 0.1) is 4.08 Å². The molecule has 3 nitrogen and oxygen atoms in total. The fourth-order valence-electron chi connectivity index (χ4n) is 4.33. The number of fused-ring (bicyclic) bond motifs is 3. The number of anilines is 1. The van der Waals surface area contributed by atoms with Crippen molar-refractivity contribution in [2.24, 2.45) is 0 Å². The Labute approximate surface area is 167 Å². The van der Waals surface area contributed by atoms with Crippen molar-refractivity contribution in [3.05, 3.63) is 65.1 Å². The van der Waals surface area contributed by atoms with Crippen LogP contribution in [0.4, 0.5) is 5.69 Å². The summed E-state index contributed by atoms with van der Waals surface area (Å²) in [4.78, 5) is 13.1. The molecule has 1 aromatic heterocycles.